The number of sulfone groups is 1. The molecule has 1 fully saturated rings. The van der Waals surface area contributed by atoms with E-state index < -0.39 is 14.6 Å². The number of carbonyl (C=O) groups is 1. The van der Waals surface area contributed by atoms with Crippen LogP contribution in [0.4, 0.5) is 0 Å². The molecule has 1 amide bonds. The number of alkyl halides is 1. The first-order chi connectivity index (χ1) is 7.16. The van der Waals surface area contributed by atoms with Gasteiger partial charge in [0.05, 0.1) is 0 Å². The average molecular weight is 268 g/mol. The van der Waals surface area contributed by atoms with Crippen molar-refractivity contribution in [3.05, 3.63) is 0 Å². The van der Waals surface area contributed by atoms with E-state index in [0.717, 1.165) is 19.1 Å². The van der Waals surface area contributed by atoms with Crippen molar-refractivity contribution < 1.29 is 13.2 Å². The summed E-state index contributed by atoms with van der Waals surface area (Å²) in [6, 6.07) is 0. The summed E-state index contributed by atoms with van der Waals surface area (Å²) in [6.45, 7) is 4.01. The number of likely N-dealkylation sites (tertiary alicyclic amines) is 1. The predicted octanol–water partition coefficient (Wildman–Crippen LogP) is 1.04. The van der Waals surface area contributed by atoms with Crippen molar-refractivity contribution in [3.63, 3.8) is 0 Å². The lowest BCUT2D eigenvalue weighted by atomic mass is 10.1. The normalized spacial score (nSPS) is 19.9. The molecule has 0 aromatic heterocycles. The minimum atomic E-state index is -3.39. The molecule has 1 heterocycles. The number of rotatable bonds is 2. The van der Waals surface area contributed by atoms with Gasteiger partial charge in [-0.1, -0.05) is 0 Å². The van der Waals surface area contributed by atoms with Crippen LogP contribution in [0.15, 0.2) is 0 Å². The van der Waals surface area contributed by atoms with Gasteiger partial charge in [0.1, 0.15) is 4.75 Å². The van der Waals surface area contributed by atoms with E-state index in [1.165, 1.54) is 13.8 Å². The van der Waals surface area contributed by atoms with Crippen LogP contribution in [0.5, 0.6) is 0 Å². The average Bonchev–Trinajstić information content (AvgIpc) is 2.16. The summed E-state index contributed by atoms with van der Waals surface area (Å²) in [5, 5.41) is 0.102. The third-order valence-electron chi connectivity index (χ3n) is 3.15. The minimum Gasteiger partial charge on any atom is -0.341 e. The van der Waals surface area contributed by atoms with Gasteiger partial charge in [-0.25, -0.2) is 8.42 Å². The van der Waals surface area contributed by atoms with E-state index in [-0.39, 0.29) is 11.3 Å². The van der Waals surface area contributed by atoms with E-state index in [1.54, 1.807) is 4.90 Å². The highest BCUT2D eigenvalue weighted by atomic mass is 35.5. The topological polar surface area (TPSA) is 54.5 Å². The zero-order chi connectivity index (χ0) is 12.6. The lowest BCUT2D eigenvalue weighted by Crippen LogP contribution is -2.52. The highest BCUT2D eigenvalue weighted by Gasteiger charge is 2.41. The molecule has 94 valence electrons. The number of hydrogen-bond donors (Lipinski definition) is 0. The molecular weight excluding hydrogens is 250 g/mol. The van der Waals surface area contributed by atoms with E-state index in [1.807, 2.05) is 0 Å². The lowest BCUT2D eigenvalue weighted by molar-refractivity contribution is -0.134. The summed E-state index contributed by atoms with van der Waals surface area (Å²) in [6.07, 6.45) is 2.56. The number of amides is 1. The molecular formula is C10H18ClNO3S. The van der Waals surface area contributed by atoms with E-state index >= 15 is 0 Å². The molecule has 0 spiro atoms. The van der Waals surface area contributed by atoms with Crippen LogP contribution in [0.25, 0.3) is 0 Å². The van der Waals surface area contributed by atoms with Crippen LogP contribution in [0.3, 0.4) is 0 Å². The maximum absolute atomic E-state index is 12.1. The maximum Gasteiger partial charge on any atom is 0.243 e. The van der Waals surface area contributed by atoms with Gasteiger partial charge in [0, 0.05) is 24.7 Å². The summed E-state index contributed by atoms with van der Waals surface area (Å²) in [7, 11) is -3.39. The Morgan fingerprint density at radius 3 is 2.12 bits per heavy atom. The molecule has 0 aliphatic carbocycles. The van der Waals surface area contributed by atoms with Crippen molar-refractivity contribution in [1.82, 2.24) is 4.90 Å². The maximum atomic E-state index is 12.1. The van der Waals surface area contributed by atoms with Crippen LogP contribution in [-0.4, -0.2) is 48.7 Å². The second-order valence-electron chi connectivity index (χ2n) is 4.75. The van der Waals surface area contributed by atoms with Crippen molar-refractivity contribution in [2.75, 3.05) is 19.3 Å². The predicted molar refractivity (Wildman–Crippen MR) is 64.4 cm³/mol. The Labute approximate surface area is 102 Å². The van der Waals surface area contributed by atoms with Gasteiger partial charge in [-0.3, -0.25) is 4.79 Å². The fourth-order valence-electron chi connectivity index (χ4n) is 1.59. The standard InChI is InChI=1S/C10H18ClNO3S/c1-10(2,16(3,14)15)9(13)12-6-4-8(11)5-7-12/h8H,4-7H2,1-3H3. The quantitative estimate of drug-likeness (QED) is 0.703. The molecule has 6 heteroatoms. The van der Waals surface area contributed by atoms with E-state index in [4.69, 9.17) is 11.6 Å². The zero-order valence-electron chi connectivity index (χ0n) is 9.86. The molecule has 0 atom stereocenters. The second kappa shape index (κ2) is 4.53. The highest BCUT2D eigenvalue weighted by Crippen LogP contribution is 2.23. The molecule has 1 rings (SSSR count). The number of piperidine rings is 1. The van der Waals surface area contributed by atoms with Gasteiger partial charge in [0.25, 0.3) is 0 Å². The van der Waals surface area contributed by atoms with Gasteiger partial charge in [0.2, 0.25) is 5.91 Å². The third-order valence-corrected chi connectivity index (χ3v) is 5.62. The van der Waals surface area contributed by atoms with Crippen LogP contribution in [-0.2, 0) is 14.6 Å². The molecule has 0 saturated carbocycles. The van der Waals surface area contributed by atoms with Gasteiger partial charge in [-0.05, 0) is 26.7 Å². The molecule has 4 nitrogen and oxygen atoms in total. The van der Waals surface area contributed by atoms with Gasteiger partial charge < -0.3 is 4.90 Å². The first-order valence-electron chi connectivity index (χ1n) is 5.29. The Morgan fingerprint density at radius 2 is 1.75 bits per heavy atom. The summed E-state index contributed by atoms with van der Waals surface area (Å²) in [5.74, 6) is -0.321. The fourth-order valence-corrected chi connectivity index (χ4v) is 2.23. The Balaban J connectivity index is 2.79. The van der Waals surface area contributed by atoms with Crippen molar-refractivity contribution in [3.8, 4) is 0 Å². The number of halogens is 1. The minimum absolute atomic E-state index is 0.102. The molecule has 0 aromatic carbocycles. The molecule has 1 aliphatic rings. The lowest BCUT2D eigenvalue weighted by Gasteiger charge is -2.34. The molecule has 16 heavy (non-hydrogen) atoms. The number of hydrogen-bond acceptors (Lipinski definition) is 3. The largest absolute Gasteiger partial charge is 0.341 e. The highest BCUT2D eigenvalue weighted by molar-refractivity contribution is 7.92. The van der Waals surface area contributed by atoms with Crippen LogP contribution in [0.2, 0.25) is 0 Å². The first-order valence-corrected chi connectivity index (χ1v) is 7.62. The van der Waals surface area contributed by atoms with E-state index in [2.05, 4.69) is 0 Å². The van der Waals surface area contributed by atoms with Gasteiger partial charge >= 0.3 is 0 Å². The van der Waals surface area contributed by atoms with Crippen LogP contribution in [0, 0.1) is 0 Å². The molecule has 0 unspecified atom stereocenters. The Bertz CT molecular complexity index is 370. The van der Waals surface area contributed by atoms with Gasteiger partial charge in [0.15, 0.2) is 9.84 Å². The fraction of sp³-hybridized carbons (Fsp3) is 0.900. The molecule has 1 aliphatic heterocycles. The smallest absolute Gasteiger partial charge is 0.243 e. The van der Waals surface area contributed by atoms with Crippen LogP contribution < -0.4 is 0 Å². The molecule has 0 radical (unpaired) electrons. The van der Waals surface area contributed by atoms with Crippen molar-refractivity contribution >= 4 is 27.3 Å². The molecule has 0 N–H and O–H groups in total. The van der Waals surface area contributed by atoms with Crippen LogP contribution in [0.1, 0.15) is 26.7 Å². The summed E-state index contributed by atoms with van der Waals surface area (Å²) in [5.41, 5.74) is 0. The summed E-state index contributed by atoms with van der Waals surface area (Å²) < 4.78 is 21.7. The van der Waals surface area contributed by atoms with Gasteiger partial charge in [-0.2, -0.15) is 0 Å². The Kier molecular flexibility index (Phi) is 3.90. The Hall–Kier alpha value is -0.290. The summed E-state index contributed by atoms with van der Waals surface area (Å²) >= 11 is 5.93. The van der Waals surface area contributed by atoms with Crippen molar-refractivity contribution in [1.29, 1.82) is 0 Å². The van der Waals surface area contributed by atoms with Crippen LogP contribution >= 0.6 is 11.6 Å². The van der Waals surface area contributed by atoms with Crippen molar-refractivity contribution in [2.45, 2.75) is 36.8 Å². The second-order valence-corrected chi connectivity index (χ2v) is 7.93. The zero-order valence-corrected chi connectivity index (χ0v) is 11.4. The Morgan fingerprint density at radius 1 is 1.31 bits per heavy atom. The first kappa shape index (κ1) is 13.8. The van der Waals surface area contributed by atoms with E-state index in [0.29, 0.717) is 13.1 Å². The monoisotopic (exact) mass is 267 g/mol. The SMILES string of the molecule is CC(C)(C(=O)N1CCC(Cl)CC1)S(C)(=O)=O. The molecule has 0 bridgehead atoms. The molecule has 0 aromatic rings. The summed E-state index contributed by atoms with van der Waals surface area (Å²) in [4.78, 5) is 13.7. The number of nitrogens with zero attached hydrogens (tertiary/aromatic N) is 1. The third kappa shape index (κ3) is 2.69. The van der Waals surface area contributed by atoms with E-state index in [9.17, 15) is 13.2 Å². The number of carbonyl (C=O) groups excluding carboxylic acids is 1. The molecule has 1 saturated heterocycles. The van der Waals surface area contributed by atoms with Gasteiger partial charge in [-0.15, -0.1) is 11.6 Å². The van der Waals surface area contributed by atoms with Crippen molar-refractivity contribution in [2.24, 2.45) is 0 Å².